The highest BCUT2D eigenvalue weighted by atomic mass is 16.5. The minimum absolute atomic E-state index is 0.0270. The molecule has 1 aromatic heterocycles. The quantitative estimate of drug-likeness (QED) is 0.641. The van der Waals surface area contributed by atoms with Gasteiger partial charge in [0.25, 0.3) is 0 Å². The molecular weight excluding hydrogens is 142 g/mol. The van der Waals surface area contributed by atoms with Gasteiger partial charge in [-0.1, -0.05) is 0 Å². The van der Waals surface area contributed by atoms with Gasteiger partial charge in [0.15, 0.2) is 5.75 Å². The van der Waals surface area contributed by atoms with Crippen LogP contribution in [0.2, 0.25) is 0 Å². The van der Waals surface area contributed by atoms with Crippen LogP contribution in [-0.2, 0) is 7.05 Å². The van der Waals surface area contributed by atoms with Gasteiger partial charge in [0, 0.05) is 7.05 Å². The largest absolute Gasteiger partial charge is 0.472 e. The Hall–Kier alpha value is -1.03. The molecule has 0 bridgehead atoms. The first-order chi connectivity index (χ1) is 5.22. The predicted molar refractivity (Wildman–Crippen MR) is 42.4 cm³/mol. The average Bonchev–Trinajstić information content (AvgIpc) is 2.35. The Labute approximate surface area is 66.2 Å². The summed E-state index contributed by atoms with van der Waals surface area (Å²) in [5.74, 6) is 0.786. The van der Waals surface area contributed by atoms with Crippen molar-refractivity contribution in [1.29, 1.82) is 0 Å². The zero-order chi connectivity index (χ0) is 8.27. The maximum atomic E-state index is 5.39. The Morgan fingerprint density at radius 1 is 1.73 bits per heavy atom. The van der Waals surface area contributed by atoms with Crippen molar-refractivity contribution < 1.29 is 4.74 Å². The monoisotopic (exact) mass is 155 g/mol. The maximum absolute atomic E-state index is 5.39. The zero-order valence-corrected chi connectivity index (χ0v) is 7.03. The van der Waals surface area contributed by atoms with E-state index in [0.717, 1.165) is 5.75 Å². The van der Waals surface area contributed by atoms with E-state index in [2.05, 4.69) is 10.4 Å². The molecule has 0 saturated heterocycles. The number of aromatic nitrogens is 2. The second-order valence-electron chi connectivity index (χ2n) is 2.40. The Bertz CT molecular complexity index is 221. The molecule has 4 heteroatoms. The molecule has 62 valence electrons. The molecule has 0 aromatic carbocycles. The molecule has 0 saturated carbocycles. The Morgan fingerprint density at radius 2 is 2.45 bits per heavy atom. The third-order valence-corrected chi connectivity index (χ3v) is 1.40. The minimum Gasteiger partial charge on any atom is -0.472 e. The minimum atomic E-state index is 0.0270. The first-order valence-corrected chi connectivity index (χ1v) is 3.55. The molecule has 0 aliphatic heterocycles. The molecular formula is C7H13N3O. The number of nitrogens with one attached hydrogen (secondary N) is 1. The van der Waals surface area contributed by atoms with Crippen LogP contribution in [0.25, 0.3) is 0 Å². The second kappa shape index (κ2) is 3.39. The smallest absolute Gasteiger partial charge is 0.159 e. The lowest BCUT2D eigenvalue weighted by Gasteiger charge is -2.10. The summed E-state index contributed by atoms with van der Waals surface area (Å²) in [5.41, 5.74) is 0. The van der Waals surface area contributed by atoms with E-state index >= 15 is 0 Å². The van der Waals surface area contributed by atoms with E-state index in [1.165, 1.54) is 0 Å². The summed E-state index contributed by atoms with van der Waals surface area (Å²) in [6.45, 7) is 1.94. The molecule has 1 rings (SSSR count). The molecule has 0 fully saturated rings. The number of ether oxygens (including phenoxy) is 1. The predicted octanol–water partition coefficient (Wildman–Crippen LogP) is 0.364. The molecule has 0 amide bonds. The van der Waals surface area contributed by atoms with Crippen molar-refractivity contribution in [2.45, 2.75) is 13.2 Å². The van der Waals surface area contributed by atoms with Gasteiger partial charge >= 0.3 is 0 Å². The normalized spacial score (nSPS) is 13.0. The molecule has 0 aliphatic carbocycles. The number of aryl methyl sites for hydroxylation is 1. The fourth-order valence-corrected chi connectivity index (χ4v) is 0.723. The van der Waals surface area contributed by atoms with Gasteiger partial charge in [-0.3, -0.25) is 10.00 Å². The number of nitrogens with zero attached hydrogens (tertiary/aromatic N) is 2. The highest BCUT2D eigenvalue weighted by molar-refractivity contribution is 5.11. The third-order valence-electron chi connectivity index (χ3n) is 1.40. The van der Waals surface area contributed by atoms with E-state index in [9.17, 15) is 0 Å². The average molecular weight is 155 g/mol. The van der Waals surface area contributed by atoms with E-state index in [-0.39, 0.29) is 6.23 Å². The fourth-order valence-electron chi connectivity index (χ4n) is 0.723. The molecule has 4 nitrogen and oxygen atoms in total. The van der Waals surface area contributed by atoms with Crippen molar-refractivity contribution >= 4 is 0 Å². The topological polar surface area (TPSA) is 39.1 Å². The molecule has 1 N–H and O–H groups in total. The molecule has 0 aliphatic rings. The summed E-state index contributed by atoms with van der Waals surface area (Å²) in [5, 5.41) is 6.93. The number of hydrogen-bond acceptors (Lipinski definition) is 3. The SMILES string of the molecule is CNC(C)Oc1cnn(C)c1. The van der Waals surface area contributed by atoms with Gasteiger partial charge in [0.05, 0.1) is 12.4 Å². The Morgan fingerprint density at radius 3 is 2.91 bits per heavy atom. The van der Waals surface area contributed by atoms with Gasteiger partial charge in [-0.25, -0.2) is 0 Å². The Kier molecular flexibility index (Phi) is 2.48. The van der Waals surface area contributed by atoms with Crippen molar-refractivity contribution in [3.63, 3.8) is 0 Å². The first-order valence-electron chi connectivity index (χ1n) is 3.55. The molecule has 1 aromatic rings. The van der Waals surface area contributed by atoms with Crippen molar-refractivity contribution in [2.24, 2.45) is 7.05 Å². The highest BCUT2D eigenvalue weighted by Crippen LogP contribution is 2.07. The van der Waals surface area contributed by atoms with E-state index in [4.69, 9.17) is 4.74 Å². The van der Waals surface area contributed by atoms with E-state index < -0.39 is 0 Å². The maximum Gasteiger partial charge on any atom is 0.159 e. The summed E-state index contributed by atoms with van der Waals surface area (Å²) in [7, 11) is 3.71. The van der Waals surface area contributed by atoms with Gasteiger partial charge in [-0.05, 0) is 14.0 Å². The van der Waals surface area contributed by atoms with Crippen molar-refractivity contribution in [3.8, 4) is 5.75 Å². The van der Waals surface area contributed by atoms with Crippen molar-refractivity contribution in [3.05, 3.63) is 12.4 Å². The van der Waals surface area contributed by atoms with Crippen molar-refractivity contribution in [2.75, 3.05) is 7.05 Å². The van der Waals surface area contributed by atoms with Gasteiger partial charge in [0.1, 0.15) is 6.23 Å². The molecule has 1 atom stereocenters. The lowest BCUT2D eigenvalue weighted by Crippen LogP contribution is -2.27. The van der Waals surface area contributed by atoms with Gasteiger partial charge in [-0.15, -0.1) is 0 Å². The lowest BCUT2D eigenvalue weighted by atomic mass is 10.6. The molecule has 1 heterocycles. The van der Waals surface area contributed by atoms with E-state index in [1.807, 2.05) is 27.2 Å². The lowest BCUT2D eigenvalue weighted by molar-refractivity contribution is 0.193. The molecule has 1 unspecified atom stereocenters. The van der Waals surface area contributed by atoms with Crippen molar-refractivity contribution in [1.82, 2.24) is 15.1 Å². The molecule has 0 radical (unpaired) electrons. The summed E-state index contributed by atoms with van der Waals surface area (Å²) >= 11 is 0. The van der Waals surface area contributed by atoms with Crippen LogP contribution < -0.4 is 10.1 Å². The summed E-state index contributed by atoms with van der Waals surface area (Å²) in [4.78, 5) is 0. The third kappa shape index (κ3) is 2.23. The summed E-state index contributed by atoms with van der Waals surface area (Å²) in [6, 6.07) is 0. The van der Waals surface area contributed by atoms with Crippen LogP contribution in [0, 0.1) is 0 Å². The zero-order valence-electron chi connectivity index (χ0n) is 7.03. The number of rotatable bonds is 3. The van der Waals surface area contributed by atoms with Crippen LogP contribution in [0.15, 0.2) is 12.4 Å². The standard InChI is InChI=1S/C7H13N3O/c1-6(8-2)11-7-4-9-10(3)5-7/h4-6,8H,1-3H3. The highest BCUT2D eigenvalue weighted by Gasteiger charge is 2.00. The second-order valence-corrected chi connectivity index (χ2v) is 2.40. The van der Waals surface area contributed by atoms with Gasteiger partial charge in [0.2, 0.25) is 0 Å². The number of hydrogen-bond donors (Lipinski definition) is 1. The van der Waals surface area contributed by atoms with E-state index in [1.54, 1.807) is 10.9 Å². The van der Waals surface area contributed by atoms with Gasteiger partial charge in [-0.2, -0.15) is 5.10 Å². The Balaban J connectivity index is 2.50. The van der Waals surface area contributed by atoms with Crippen LogP contribution in [0.3, 0.4) is 0 Å². The summed E-state index contributed by atoms with van der Waals surface area (Å²) in [6.07, 6.45) is 3.54. The molecule has 0 spiro atoms. The summed E-state index contributed by atoms with van der Waals surface area (Å²) < 4.78 is 7.10. The van der Waals surface area contributed by atoms with Crippen LogP contribution in [-0.4, -0.2) is 23.1 Å². The van der Waals surface area contributed by atoms with Crippen LogP contribution in [0.5, 0.6) is 5.75 Å². The van der Waals surface area contributed by atoms with Crippen LogP contribution >= 0.6 is 0 Å². The van der Waals surface area contributed by atoms with Crippen LogP contribution in [0.4, 0.5) is 0 Å². The van der Waals surface area contributed by atoms with Gasteiger partial charge < -0.3 is 4.74 Å². The van der Waals surface area contributed by atoms with E-state index in [0.29, 0.717) is 0 Å². The fraction of sp³-hybridized carbons (Fsp3) is 0.571. The van der Waals surface area contributed by atoms with Crippen LogP contribution in [0.1, 0.15) is 6.92 Å². The first kappa shape index (κ1) is 8.07. The molecule has 11 heavy (non-hydrogen) atoms.